The number of aryl methyl sites for hydroxylation is 1. The second kappa shape index (κ2) is 8.09. The van der Waals surface area contributed by atoms with Gasteiger partial charge in [-0.3, -0.25) is 9.10 Å². The van der Waals surface area contributed by atoms with Gasteiger partial charge in [-0.2, -0.15) is 0 Å². The number of sulfonamides is 1. The van der Waals surface area contributed by atoms with E-state index in [1.807, 2.05) is 54.6 Å². The fraction of sp³-hybridized carbons (Fsp3) is 0.174. The molecule has 0 saturated carbocycles. The lowest BCUT2D eigenvalue weighted by Crippen LogP contribution is -2.29. The standard InChI is InChI=1S/C23H22N2O3S/c26-23(15-10-18-6-2-1-3-7-18)24-20-11-13-21(14-12-20)29(27,28)25-17-16-19-8-4-5-9-22(19)25/h1-9,11-14H,10,15-17H2,(H,24,26). The smallest absolute Gasteiger partial charge is 0.264 e. The number of rotatable bonds is 6. The molecule has 1 aliphatic rings. The summed E-state index contributed by atoms with van der Waals surface area (Å²) in [5.41, 5.74) is 3.47. The van der Waals surface area contributed by atoms with Crippen LogP contribution in [0.2, 0.25) is 0 Å². The predicted molar refractivity (Wildman–Crippen MR) is 115 cm³/mol. The van der Waals surface area contributed by atoms with Gasteiger partial charge in [-0.1, -0.05) is 48.5 Å². The average Bonchev–Trinajstić information content (AvgIpc) is 3.18. The van der Waals surface area contributed by atoms with Crippen LogP contribution in [0.1, 0.15) is 17.5 Å². The first-order chi connectivity index (χ1) is 14.0. The van der Waals surface area contributed by atoms with Crippen molar-refractivity contribution in [2.75, 3.05) is 16.2 Å². The summed E-state index contributed by atoms with van der Waals surface area (Å²) in [6.07, 6.45) is 1.74. The molecule has 29 heavy (non-hydrogen) atoms. The second-order valence-corrected chi connectivity index (χ2v) is 8.88. The molecule has 1 amide bonds. The third-order valence-electron chi connectivity index (χ3n) is 5.05. The van der Waals surface area contributed by atoms with Gasteiger partial charge in [0.05, 0.1) is 10.6 Å². The van der Waals surface area contributed by atoms with Crippen molar-refractivity contribution in [3.05, 3.63) is 90.0 Å². The zero-order valence-electron chi connectivity index (χ0n) is 15.9. The van der Waals surface area contributed by atoms with E-state index in [1.165, 1.54) is 4.31 Å². The number of hydrogen-bond acceptors (Lipinski definition) is 3. The van der Waals surface area contributed by atoms with Gasteiger partial charge in [-0.15, -0.1) is 0 Å². The summed E-state index contributed by atoms with van der Waals surface area (Å²) < 4.78 is 27.5. The molecule has 0 atom stereocenters. The fourth-order valence-electron chi connectivity index (χ4n) is 3.52. The molecule has 148 valence electrons. The molecule has 0 aliphatic carbocycles. The van der Waals surface area contributed by atoms with Crippen LogP contribution in [0, 0.1) is 0 Å². The minimum absolute atomic E-state index is 0.0991. The van der Waals surface area contributed by atoms with Gasteiger partial charge >= 0.3 is 0 Å². The van der Waals surface area contributed by atoms with Crippen molar-refractivity contribution in [3.63, 3.8) is 0 Å². The van der Waals surface area contributed by atoms with Gasteiger partial charge in [0.2, 0.25) is 5.91 Å². The maximum absolute atomic E-state index is 13.0. The summed E-state index contributed by atoms with van der Waals surface area (Å²) >= 11 is 0. The van der Waals surface area contributed by atoms with E-state index in [-0.39, 0.29) is 10.8 Å². The molecule has 0 fully saturated rings. The molecule has 0 aromatic heterocycles. The van der Waals surface area contributed by atoms with Crippen LogP contribution in [0.15, 0.2) is 83.8 Å². The monoisotopic (exact) mass is 406 g/mol. The summed E-state index contributed by atoms with van der Waals surface area (Å²) in [5, 5.41) is 2.83. The number of carbonyl (C=O) groups is 1. The largest absolute Gasteiger partial charge is 0.326 e. The number of anilines is 2. The highest BCUT2D eigenvalue weighted by molar-refractivity contribution is 7.92. The molecule has 6 heteroatoms. The van der Waals surface area contributed by atoms with Gasteiger partial charge in [0, 0.05) is 18.7 Å². The molecule has 3 aromatic rings. The number of para-hydroxylation sites is 1. The van der Waals surface area contributed by atoms with Gasteiger partial charge < -0.3 is 5.32 Å². The third-order valence-corrected chi connectivity index (χ3v) is 6.88. The number of fused-ring (bicyclic) bond motifs is 1. The van der Waals surface area contributed by atoms with E-state index < -0.39 is 10.0 Å². The van der Waals surface area contributed by atoms with Crippen LogP contribution < -0.4 is 9.62 Å². The quantitative estimate of drug-likeness (QED) is 0.673. The van der Waals surface area contributed by atoms with E-state index in [4.69, 9.17) is 0 Å². The highest BCUT2D eigenvalue weighted by Crippen LogP contribution is 2.32. The Hall–Kier alpha value is -3.12. The third kappa shape index (κ3) is 4.17. The summed E-state index contributed by atoms with van der Waals surface area (Å²) in [7, 11) is -3.62. The van der Waals surface area contributed by atoms with Crippen LogP contribution in [0.3, 0.4) is 0 Å². The molecule has 1 aliphatic heterocycles. The van der Waals surface area contributed by atoms with Crippen molar-refractivity contribution in [1.82, 2.24) is 0 Å². The number of hydrogen-bond donors (Lipinski definition) is 1. The van der Waals surface area contributed by atoms with Gasteiger partial charge in [0.25, 0.3) is 10.0 Å². The van der Waals surface area contributed by atoms with Crippen LogP contribution in [0.4, 0.5) is 11.4 Å². The minimum atomic E-state index is -3.62. The molecule has 0 radical (unpaired) electrons. The zero-order valence-corrected chi connectivity index (χ0v) is 16.7. The van der Waals surface area contributed by atoms with Crippen LogP contribution >= 0.6 is 0 Å². The van der Waals surface area contributed by atoms with E-state index in [1.54, 1.807) is 24.3 Å². The lowest BCUT2D eigenvalue weighted by atomic mass is 10.1. The normalized spacial score (nSPS) is 13.2. The van der Waals surface area contributed by atoms with Gasteiger partial charge in [-0.05, 0) is 54.3 Å². The molecule has 0 saturated heterocycles. The van der Waals surface area contributed by atoms with Crippen molar-refractivity contribution in [3.8, 4) is 0 Å². The van der Waals surface area contributed by atoms with Gasteiger partial charge in [-0.25, -0.2) is 8.42 Å². The van der Waals surface area contributed by atoms with E-state index >= 15 is 0 Å². The predicted octanol–water partition coefficient (Wildman–Crippen LogP) is 4.01. The lowest BCUT2D eigenvalue weighted by Gasteiger charge is -2.19. The van der Waals surface area contributed by atoms with Crippen molar-refractivity contribution in [1.29, 1.82) is 0 Å². The summed E-state index contributed by atoms with van der Waals surface area (Å²) in [6, 6.07) is 23.7. The van der Waals surface area contributed by atoms with Gasteiger partial charge in [0.15, 0.2) is 0 Å². The van der Waals surface area contributed by atoms with E-state index in [0.717, 1.165) is 16.8 Å². The van der Waals surface area contributed by atoms with Crippen molar-refractivity contribution in [2.45, 2.75) is 24.2 Å². The summed E-state index contributed by atoms with van der Waals surface area (Å²) in [6.45, 7) is 0.444. The summed E-state index contributed by atoms with van der Waals surface area (Å²) in [4.78, 5) is 12.4. The van der Waals surface area contributed by atoms with Crippen LogP contribution in [-0.4, -0.2) is 20.9 Å². The number of amides is 1. The Morgan fingerprint density at radius 3 is 2.34 bits per heavy atom. The Balaban J connectivity index is 1.42. The van der Waals surface area contributed by atoms with Crippen LogP contribution in [0.5, 0.6) is 0 Å². The Morgan fingerprint density at radius 2 is 1.59 bits per heavy atom. The molecule has 4 rings (SSSR count). The fourth-order valence-corrected chi connectivity index (χ4v) is 5.02. The number of nitrogens with zero attached hydrogens (tertiary/aromatic N) is 1. The minimum Gasteiger partial charge on any atom is -0.326 e. The van der Waals surface area contributed by atoms with Crippen molar-refractivity contribution >= 4 is 27.3 Å². The average molecular weight is 407 g/mol. The van der Waals surface area contributed by atoms with Crippen molar-refractivity contribution < 1.29 is 13.2 Å². The Morgan fingerprint density at radius 1 is 0.897 bits per heavy atom. The number of nitrogens with one attached hydrogen (secondary N) is 1. The van der Waals surface area contributed by atoms with E-state index in [0.29, 0.717) is 31.5 Å². The summed E-state index contributed by atoms with van der Waals surface area (Å²) in [5.74, 6) is -0.0991. The molecule has 0 spiro atoms. The molecule has 3 aromatic carbocycles. The number of carbonyl (C=O) groups excluding carboxylic acids is 1. The highest BCUT2D eigenvalue weighted by Gasteiger charge is 2.30. The van der Waals surface area contributed by atoms with E-state index in [9.17, 15) is 13.2 Å². The Bertz CT molecular complexity index is 1110. The zero-order chi connectivity index (χ0) is 20.3. The maximum Gasteiger partial charge on any atom is 0.264 e. The maximum atomic E-state index is 13.0. The first kappa shape index (κ1) is 19.2. The second-order valence-electron chi connectivity index (χ2n) is 7.01. The highest BCUT2D eigenvalue weighted by atomic mass is 32.2. The lowest BCUT2D eigenvalue weighted by molar-refractivity contribution is -0.116. The first-order valence-corrected chi connectivity index (χ1v) is 11.0. The van der Waals surface area contributed by atoms with Crippen LogP contribution in [0.25, 0.3) is 0 Å². The first-order valence-electron chi connectivity index (χ1n) is 9.58. The molecule has 1 N–H and O–H groups in total. The Labute approximate surface area is 171 Å². The molecule has 1 heterocycles. The van der Waals surface area contributed by atoms with Crippen molar-refractivity contribution in [2.24, 2.45) is 0 Å². The van der Waals surface area contributed by atoms with Crippen LogP contribution in [-0.2, 0) is 27.7 Å². The molecular weight excluding hydrogens is 384 g/mol. The molecule has 5 nitrogen and oxygen atoms in total. The Kier molecular flexibility index (Phi) is 5.36. The molecule has 0 unspecified atom stereocenters. The van der Waals surface area contributed by atoms with Gasteiger partial charge in [0.1, 0.15) is 0 Å². The molecular formula is C23H22N2O3S. The SMILES string of the molecule is O=C(CCc1ccccc1)Nc1ccc(S(=O)(=O)N2CCc3ccccc32)cc1. The molecule has 0 bridgehead atoms. The van der Waals surface area contributed by atoms with E-state index in [2.05, 4.69) is 5.32 Å². The topological polar surface area (TPSA) is 66.5 Å². The number of benzene rings is 3.